The molecule has 0 bridgehead atoms. The van der Waals surface area contributed by atoms with E-state index in [1.165, 1.54) is 0 Å². The fourth-order valence-corrected chi connectivity index (χ4v) is 3.20. The molecule has 3 aromatic heterocycles. The molecule has 29 heavy (non-hydrogen) atoms. The number of methoxy groups -OCH3 is 1. The second-order valence-electron chi connectivity index (χ2n) is 6.97. The van der Waals surface area contributed by atoms with Crippen molar-refractivity contribution in [2.75, 3.05) is 17.7 Å². The van der Waals surface area contributed by atoms with Crippen molar-refractivity contribution in [2.24, 2.45) is 0 Å². The van der Waals surface area contributed by atoms with Crippen molar-refractivity contribution in [3.8, 4) is 5.75 Å². The van der Waals surface area contributed by atoms with Crippen molar-refractivity contribution >= 4 is 28.5 Å². The van der Waals surface area contributed by atoms with Crippen LogP contribution in [-0.4, -0.2) is 37.5 Å². The van der Waals surface area contributed by atoms with E-state index in [2.05, 4.69) is 41.0 Å². The van der Waals surface area contributed by atoms with Crippen molar-refractivity contribution in [1.82, 2.24) is 30.4 Å². The van der Waals surface area contributed by atoms with Crippen LogP contribution in [0.4, 0.5) is 22.0 Å². The number of fused-ring (bicyclic) bond motifs is 1. The number of anilines is 3. The molecule has 1 aliphatic carbocycles. The molecule has 1 saturated carbocycles. The Morgan fingerprint density at radius 3 is 2.93 bits per heavy atom. The summed E-state index contributed by atoms with van der Waals surface area (Å²) in [6.07, 6.45) is 5.20. The van der Waals surface area contributed by atoms with Gasteiger partial charge in [-0.3, -0.25) is 10.2 Å². The van der Waals surface area contributed by atoms with Crippen LogP contribution in [0.1, 0.15) is 30.0 Å². The number of H-pyrrole nitrogens is 2. The van der Waals surface area contributed by atoms with E-state index in [1.54, 1.807) is 13.3 Å². The Morgan fingerprint density at radius 2 is 2.10 bits per heavy atom. The van der Waals surface area contributed by atoms with Crippen LogP contribution in [0.15, 0.2) is 30.6 Å². The van der Waals surface area contributed by atoms with Gasteiger partial charge in [0.05, 0.1) is 25.0 Å². The largest absolute Gasteiger partial charge is 0.497 e. The lowest BCUT2D eigenvalue weighted by atomic mass is 10.1. The first-order valence-electron chi connectivity index (χ1n) is 9.28. The smallest absolute Gasteiger partial charge is 0.225 e. The molecule has 1 aromatic carbocycles. The Bertz CT molecular complexity index is 1170. The van der Waals surface area contributed by atoms with Crippen molar-refractivity contribution < 1.29 is 9.13 Å². The summed E-state index contributed by atoms with van der Waals surface area (Å²) in [6.45, 7) is 0.423. The molecule has 0 amide bonds. The van der Waals surface area contributed by atoms with E-state index in [-0.39, 0.29) is 5.82 Å². The first-order chi connectivity index (χ1) is 14.2. The van der Waals surface area contributed by atoms with Crippen LogP contribution in [0, 0.1) is 5.82 Å². The number of aromatic amines is 2. The van der Waals surface area contributed by atoms with E-state index < -0.39 is 5.82 Å². The minimum atomic E-state index is -0.551. The molecule has 1 aliphatic rings. The van der Waals surface area contributed by atoms with Gasteiger partial charge in [0.2, 0.25) is 5.95 Å². The predicted molar refractivity (Wildman–Crippen MR) is 106 cm³/mol. The third-order valence-corrected chi connectivity index (χ3v) is 4.90. The third-order valence-electron chi connectivity index (χ3n) is 4.90. The molecule has 0 saturated heterocycles. The summed E-state index contributed by atoms with van der Waals surface area (Å²) >= 11 is 0. The summed E-state index contributed by atoms with van der Waals surface area (Å²) in [5.41, 5.74) is 2.88. The van der Waals surface area contributed by atoms with Gasteiger partial charge in [0.25, 0.3) is 0 Å². The van der Waals surface area contributed by atoms with Crippen molar-refractivity contribution in [2.45, 2.75) is 25.3 Å². The maximum atomic E-state index is 14.2. The number of aromatic nitrogens is 6. The number of benzene rings is 1. The second-order valence-corrected chi connectivity index (χ2v) is 6.97. The Morgan fingerprint density at radius 1 is 1.21 bits per heavy atom. The Balaban J connectivity index is 1.34. The molecule has 148 valence electrons. The number of nitrogens with one attached hydrogen (secondary N) is 4. The van der Waals surface area contributed by atoms with Gasteiger partial charge in [-0.25, -0.2) is 9.37 Å². The first kappa shape index (κ1) is 17.4. The van der Waals surface area contributed by atoms with Crippen LogP contribution >= 0.6 is 0 Å². The maximum Gasteiger partial charge on any atom is 0.225 e. The average molecular weight is 394 g/mol. The zero-order chi connectivity index (χ0) is 19.8. The average Bonchev–Trinajstić information content (AvgIpc) is 3.29. The number of hydrogen-bond acceptors (Lipinski definition) is 7. The highest BCUT2D eigenvalue weighted by Gasteiger charge is 2.25. The van der Waals surface area contributed by atoms with Crippen LogP contribution in [-0.2, 0) is 6.54 Å². The Labute approximate surface area is 165 Å². The number of ether oxygens (including phenoxy) is 1. The lowest BCUT2D eigenvalue weighted by Crippen LogP contribution is -2.07. The molecule has 5 rings (SSSR count). The second kappa shape index (κ2) is 7.04. The van der Waals surface area contributed by atoms with E-state index in [0.717, 1.165) is 41.2 Å². The lowest BCUT2D eigenvalue weighted by Gasteiger charge is -2.10. The summed E-state index contributed by atoms with van der Waals surface area (Å²) in [4.78, 5) is 8.28. The van der Waals surface area contributed by atoms with Gasteiger partial charge in [-0.1, -0.05) is 0 Å². The summed E-state index contributed by atoms with van der Waals surface area (Å²) in [5.74, 6) is 1.59. The quantitative estimate of drug-likeness (QED) is 0.379. The highest BCUT2D eigenvalue weighted by molar-refractivity contribution is 5.83. The van der Waals surface area contributed by atoms with Crippen LogP contribution in [0.25, 0.3) is 10.9 Å². The lowest BCUT2D eigenvalue weighted by molar-refractivity contribution is 0.415. The van der Waals surface area contributed by atoms with Gasteiger partial charge >= 0.3 is 0 Å². The monoisotopic (exact) mass is 394 g/mol. The predicted octanol–water partition coefficient (Wildman–Crippen LogP) is 3.46. The fraction of sp³-hybridized carbons (Fsp3) is 0.263. The standard InChI is InChI=1S/C19H19FN8O/c1-29-12-4-11(13-8-23-26-16(13)5-12)7-21-19-22-9-14(20)18(25-19)24-17-6-15(27-28-17)10-2-3-10/h4-6,8-10H,2-3,7H2,1H3,(H,23,26)(H3,21,22,24,25,27,28). The van der Waals surface area contributed by atoms with Gasteiger partial charge < -0.3 is 15.4 Å². The van der Waals surface area contributed by atoms with Gasteiger partial charge in [-0.2, -0.15) is 15.2 Å². The molecular formula is C19H19FN8O. The zero-order valence-corrected chi connectivity index (χ0v) is 15.7. The molecule has 9 nitrogen and oxygen atoms in total. The van der Waals surface area contributed by atoms with Crippen LogP contribution in [0.2, 0.25) is 0 Å². The van der Waals surface area contributed by atoms with E-state index in [1.807, 2.05) is 18.2 Å². The van der Waals surface area contributed by atoms with Crippen LogP contribution in [0.3, 0.4) is 0 Å². The first-order valence-corrected chi connectivity index (χ1v) is 9.28. The molecule has 4 aromatic rings. The highest BCUT2D eigenvalue weighted by Crippen LogP contribution is 2.39. The zero-order valence-electron chi connectivity index (χ0n) is 15.7. The summed E-state index contributed by atoms with van der Waals surface area (Å²) in [7, 11) is 1.61. The van der Waals surface area contributed by atoms with Gasteiger partial charge in [0.15, 0.2) is 17.5 Å². The topological polar surface area (TPSA) is 116 Å². The molecule has 10 heteroatoms. The Kier molecular flexibility index (Phi) is 4.23. The molecule has 4 N–H and O–H groups in total. The van der Waals surface area contributed by atoms with Gasteiger partial charge in [0.1, 0.15) is 5.75 Å². The molecule has 0 atom stereocenters. The van der Waals surface area contributed by atoms with Gasteiger partial charge in [0, 0.05) is 35.7 Å². The SMILES string of the molecule is COc1cc(CNc2ncc(F)c(Nc3cc(C4CC4)[nH]n3)n2)c2cn[nH]c2c1. The fourth-order valence-electron chi connectivity index (χ4n) is 3.20. The number of rotatable bonds is 7. The number of hydrogen-bond donors (Lipinski definition) is 4. The van der Waals surface area contributed by atoms with E-state index >= 15 is 0 Å². The summed E-state index contributed by atoms with van der Waals surface area (Å²) in [5, 5.41) is 21.2. The molecule has 0 radical (unpaired) electrons. The molecule has 0 aliphatic heterocycles. The number of nitrogens with zero attached hydrogens (tertiary/aromatic N) is 4. The normalized spacial score (nSPS) is 13.6. The molecular weight excluding hydrogens is 375 g/mol. The van der Waals surface area contributed by atoms with Crippen molar-refractivity contribution in [3.05, 3.63) is 47.7 Å². The van der Waals surface area contributed by atoms with E-state index in [4.69, 9.17) is 4.74 Å². The molecule has 3 heterocycles. The molecule has 0 unspecified atom stereocenters. The van der Waals surface area contributed by atoms with Gasteiger partial charge in [-0.05, 0) is 24.5 Å². The van der Waals surface area contributed by atoms with Gasteiger partial charge in [-0.15, -0.1) is 0 Å². The summed E-state index contributed by atoms with van der Waals surface area (Å²) in [6, 6.07) is 5.68. The Hall–Kier alpha value is -3.69. The molecule has 0 spiro atoms. The minimum absolute atomic E-state index is 0.0652. The third kappa shape index (κ3) is 3.56. The van der Waals surface area contributed by atoms with Crippen molar-refractivity contribution in [1.29, 1.82) is 0 Å². The highest BCUT2D eigenvalue weighted by atomic mass is 19.1. The molecule has 1 fully saturated rings. The number of halogens is 1. The minimum Gasteiger partial charge on any atom is -0.497 e. The van der Waals surface area contributed by atoms with E-state index in [0.29, 0.717) is 30.0 Å². The van der Waals surface area contributed by atoms with Crippen LogP contribution < -0.4 is 15.4 Å². The van der Waals surface area contributed by atoms with Crippen LogP contribution in [0.5, 0.6) is 5.75 Å². The summed E-state index contributed by atoms with van der Waals surface area (Å²) < 4.78 is 19.5. The maximum absolute atomic E-state index is 14.2. The van der Waals surface area contributed by atoms with Crippen molar-refractivity contribution in [3.63, 3.8) is 0 Å². The van der Waals surface area contributed by atoms with E-state index in [9.17, 15) is 4.39 Å².